The van der Waals surface area contributed by atoms with Gasteiger partial charge < -0.3 is 10.6 Å². The van der Waals surface area contributed by atoms with Crippen LogP contribution in [0.15, 0.2) is 24.4 Å². The number of nitrogens with two attached hydrogens (primary N) is 1. The second-order valence-corrected chi connectivity index (χ2v) is 3.81. The van der Waals surface area contributed by atoms with Crippen LogP contribution in [0.25, 0.3) is 0 Å². The first-order chi connectivity index (χ1) is 6.68. The number of nitrogens with zero attached hydrogens (tertiary/aromatic N) is 2. The summed E-state index contributed by atoms with van der Waals surface area (Å²) in [6, 6.07) is 6.26. The molecular weight excluding hydrogens is 174 g/mol. The third kappa shape index (κ3) is 4.35. The van der Waals surface area contributed by atoms with E-state index >= 15 is 0 Å². The Morgan fingerprint density at radius 3 is 2.86 bits per heavy atom. The van der Waals surface area contributed by atoms with Crippen LogP contribution in [-0.4, -0.2) is 36.1 Å². The van der Waals surface area contributed by atoms with E-state index in [0.717, 1.165) is 25.2 Å². The van der Waals surface area contributed by atoms with E-state index in [1.807, 2.05) is 25.3 Å². The van der Waals surface area contributed by atoms with Crippen LogP contribution in [0.4, 0.5) is 0 Å². The highest BCUT2D eigenvalue weighted by Gasteiger charge is 2.02. The fourth-order valence-corrected chi connectivity index (χ4v) is 1.43. The van der Waals surface area contributed by atoms with Gasteiger partial charge in [-0.3, -0.25) is 4.98 Å². The summed E-state index contributed by atoms with van der Waals surface area (Å²) in [5, 5.41) is 0. The van der Waals surface area contributed by atoms with Crippen molar-refractivity contribution in [2.24, 2.45) is 5.73 Å². The smallest absolute Gasteiger partial charge is 0.0416 e. The summed E-state index contributed by atoms with van der Waals surface area (Å²) >= 11 is 0. The Hall–Kier alpha value is -0.930. The monoisotopic (exact) mass is 193 g/mol. The minimum Gasteiger partial charge on any atom is -0.327 e. The average molecular weight is 193 g/mol. The van der Waals surface area contributed by atoms with Crippen molar-refractivity contribution in [1.82, 2.24) is 9.88 Å². The van der Waals surface area contributed by atoms with Gasteiger partial charge in [0, 0.05) is 37.4 Å². The van der Waals surface area contributed by atoms with Gasteiger partial charge in [0.25, 0.3) is 0 Å². The minimum atomic E-state index is 0.240. The molecular formula is C11H19N3. The lowest BCUT2D eigenvalue weighted by molar-refractivity contribution is 0.320. The summed E-state index contributed by atoms with van der Waals surface area (Å²) in [7, 11) is 2.09. The molecule has 3 nitrogen and oxygen atoms in total. The molecule has 0 aromatic carbocycles. The van der Waals surface area contributed by atoms with Crippen molar-refractivity contribution >= 4 is 0 Å². The molecule has 1 aromatic rings. The van der Waals surface area contributed by atoms with E-state index in [2.05, 4.69) is 23.0 Å². The molecule has 0 aliphatic carbocycles. The van der Waals surface area contributed by atoms with Gasteiger partial charge in [0.1, 0.15) is 0 Å². The van der Waals surface area contributed by atoms with Crippen molar-refractivity contribution in [2.45, 2.75) is 19.4 Å². The Morgan fingerprint density at radius 1 is 1.50 bits per heavy atom. The molecule has 2 N–H and O–H groups in total. The molecule has 0 unspecified atom stereocenters. The fourth-order valence-electron chi connectivity index (χ4n) is 1.43. The predicted octanol–water partition coefficient (Wildman–Crippen LogP) is 0.903. The zero-order valence-corrected chi connectivity index (χ0v) is 8.98. The molecule has 0 aliphatic rings. The third-order valence-electron chi connectivity index (χ3n) is 2.08. The third-order valence-corrected chi connectivity index (χ3v) is 2.08. The Balaban J connectivity index is 2.27. The maximum absolute atomic E-state index is 5.70. The van der Waals surface area contributed by atoms with Gasteiger partial charge in [-0.25, -0.2) is 0 Å². The molecule has 0 bridgehead atoms. The van der Waals surface area contributed by atoms with E-state index in [1.54, 1.807) is 0 Å². The van der Waals surface area contributed by atoms with Gasteiger partial charge in [0.15, 0.2) is 0 Å². The molecule has 0 saturated heterocycles. The van der Waals surface area contributed by atoms with Crippen LogP contribution in [0, 0.1) is 0 Å². The van der Waals surface area contributed by atoms with E-state index < -0.39 is 0 Å². The molecule has 0 spiro atoms. The topological polar surface area (TPSA) is 42.1 Å². The van der Waals surface area contributed by atoms with Crippen LogP contribution in [-0.2, 0) is 6.42 Å². The van der Waals surface area contributed by atoms with E-state index in [4.69, 9.17) is 5.73 Å². The first kappa shape index (κ1) is 11.1. The Kier molecular flexibility index (Phi) is 4.56. The quantitative estimate of drug-likeness (QED) is 0.755. The molecule has 0 radical (unpaired) electrons. The van der Waals surface area contributed by atoms with Gasteiger partial charge in [-0.05, 0) is 26.1 Å². The van der Waals surface area contributed by atoms with Crippen molar-refractivity contribution in [3.8, 4) is 0 Å². The second kappa shape index (κ2) is 5.73. The Labute approximate surface area is 85.9 Å². The highest BCUT2D eigenvalue weighted by atomic mass is 15.1. The molecule has 14 heavy (non-hydrogen) atoms. The Bertz CT molecular complexity index is 246. The van der Waals surface area contributed by atoms with Crippen molar-refractivity contribution in [2.75, 3.05) is 20.1 Å². The van der Waals surface area contributed by atoms with Gasteiger partial charge in [-0.15, -0.1) is 0 Å². The SMILES string of the molecule is C[C@H](N)CN(C)CCc1ccccn1. The van der Waals surface area contributed by atoms with Gasteiger partial charge >= 0.3 is 0 Å². The maximum Gasteiger partial charge on any atom is 0.0416 e. The molecule has 78 valence electrons. The number of aromatic nitrogens is 1. The summed E-state index contributed by atoms with van der Waals surface area (Å²) in [4.78, 5) is 6.51. The number of rotatable bonds is 5. The molecule has 1 atom stereocenters. The summed E-state index contributed by atoms with van der Waals surface area (Å²) in [5.41, 5.74) is 6.85. The summed E-state index contributed by atoms with van der Waals surface area (Å²) in [6.07, 6.45) is 2.82. The number of pyridine rings is 1. The molecule has 0 fully saturated rings. The number of hydrogen-bond donors (Lipinski definition) is 1. The fraction of sp³-hybridized carbons (Fsp3) is 0.545. The standard InChI is InChI=1S/C11H19N3/c1-10(12)9-14(2)8-6-11-5-3-4-7-13-11/h3-5,7,10H,6,8-9,12H2,1-2H3/t10-/m0/s1. The predicted molar refractivity (Wildman–Crippen MR) is 59.1 cm³/mol. The summed E-state index contributed by atoms with van der Waals surface area (Å²) < 4.78 is 0. The van der Waals surface area contributed by atoms with Gasteiger partial charge in [0.05, 0.1) is 0 Å². The van der Waals surface area contributed by atoms with E-state index in [9.17, 15) is 0 Å². The average Bonchev–Trinajstić information content (AvgIpc) is 2.15. The summed E-state index contributed by atoms with van der Waals surface area (Å²) in [6.45, 7) is 3.97. The highest BCUT2D eigenvalue weighted by molar-refractivity contribution is 5.03. The molecule has 1 heterocycles. The van der Waals surface area contributed by atoms with Crippen LogP contribution in [0.2, 0.25) is 0 Å². The van der Waals surface area contributed by atoms with Crippen molar-refractivity contribution in [3.63, 3.8) is 0 Å². The normalized spacial score (nSPS) is 13.1. The summed E-state index contributed by atoms with van der Waals surface area (Å²) in [5.74, 6) is 0. The molecule has 0 aliphatic heterocycles. The van der Waals surface area contributed by atoms with Crippen LogP contribution < -0.4 is 5.73 Å². The highest BCUT2D eigenvalue weighted by Crippen LogP contribution is 1.96. The minimum absolute atomic E-state index is 0.240. The van der Waals surface area contributed by atoms with Crippen molar-refractivity contribution in [1.29, 1.82) is 0 Å². The second-order valence-electron chi connectivity index (χ2n) is 3.81. The number of likely N-dealkylation sites (N-methyl/N-ethyl adjacent to an activating group) is 1. The first-order valence-electron chi connectivity index (χ1n) is 5.02. The van der Waals surface area contributed by atoms with Crippen LogP contribution in [0.3, 0.4) is 0 Å². The van der Waals surface area contributed by atoms with E-state index in [-0.39, 0.29) is 6.04 Å². The molecule has 0 saturated carbocycles. The maximum atomic E-state index is 5.70. The molecule has 3 heteroatoms. The molecule has 0 amide bonds. The van der Waals surface area contributed by atoms with E-state index in [0.29, 0.717) is 0 Å². The van der Waals surface area contributed by atoms with Gasteiger partial charge in [-0.2, -0.15) is 0 Å². The lowest BCUT2D eigenvalue weighted by Crippen LogP contribution is -2.34. The number of hydrogen-bond acceptors (Lipinski definition) is 3. The van der Waals surface area contributed by atoms with Gasteiger partial charge in [-0.1, -0.05) is 6.07 Å². The van der Waals surface area contributed by atoms with Gasteiger partial charge in [0.2, 0.25) is 0 Å². The molecule has 1 rings (SSSR count). The zero-order valence-electron chi connectivity index (χ0n) is 8.98. The van der Waals surface area contributed by atoms with Crippen molar-refractivity contribution in [3.05, 3.63) is 30.1 Å². The lowest BCUT2D eigenvalue weighted by Gasteiger charge is -2.18. The zero-order chi connectivity index (χ0) is 10.4. The van der Waals surface area contributed by atoms with Crippen LogP contribution in [0.5, 0.6) is 0 Å². The van der Waals surface area contributed by atoms with Crippen LogP contribution >= 0.6 is 0 Å². The largest absolute Gasteiger partial charge is 0.327 e. The van der Waals surface area contributed by atoms with E-state index in [1.165, 1.54) is 0 Å². The first-order valence-corrected chi connectivity index (χ1v) is 5.02. The lowest BCUT2D eigenvalue weighted by atomic mass is 10.2. The molecule has 1 aromatic heterocycles. The Morgan fingerprint density at radius 2 is 2.29 bits per heavy atom. The van der Waals surface area contributed by atoms with Crippen LogP contribution in [0.1, 0.15) is 12.6 Å². The van der Waals surface area contributed by atoms with Crippen molar-refractivity contribution < 1.29 is 0 Å².